The van der Waals surface area contributed by atoms with Gasteiger partial charge in [-0.2, -0.15) is 0 Å². The molecule has 0 bridgehead atoms. The van der Waals surface area contributed by atoms with Crippen molar-refractivity contribution in [2.24, 2.45) is 0 Å². The molecule has 1 aliphatic heterocycles. The summed E-state index contributed by atoms with van der Waals surface area (Å²) in [6.07, 6.45) is -0.786. The number of hydrogen-bond donors (Lipinski definition) is 2. The first-order valence-electron chi connectivity index (χ1n) is 6.38. The Morgan fingerprint density at radius 1 is 1.47 bits per heavy atom. The van der Waals surface area contributed by atoms with Crippen molar-refractivity contribution in [1.29, 1.82) is 0 Å². The average Bonchev–Trinajstić information content (AvgIpc) is 2.33. The lowest BCUT2D eigenvalue weighted by Crippen LogP contribution is -2.62. The van der Waals surface area contributed by atoms with Gasteiger partial charge in [-0.05, 0) is 26.8 Å². The molecule has 1 aliphatic rings. The Morgan fingerprint density at radius 2 is 2.16 bits per heavy atom. The van der Waals surface area contributed by atoms with Crippen LogP contribution < -0.4 is 10.2 Å². The number of aliphatic hydroxyl groups excluding tert-OH is 1. The van der Waals surface area contributed by atoms with E-state index in [0.717, 1.165) is 0 Å². The topological polar surface area (TPSA) is 52.6 Å². The summed E-state index contributed by atoms with van der Waals surface area (Å²) < 4.78 is 14.2. The second-order valence-corrected chi connectivity index (χ2v) is 5.32. The van der Waals surface area contributed by atoms with Gasteiger partial charge in [0.15, 0.2) is 0 Å². The Hall–Kier alpha value is -1.62. The number of benzene rings is 1. The van der Waals surface area contributed by atoms with Crippen LogP contribution in [-0.4, -0.2) is 29.6 Å². The third kappa shape index (κ3) is 2.30. The van der Waals surface area contributed by atoms with Gasteiger partial charge in [-0.15, -0.1) is 0 Å². The van der Waals surface area contributed by atoms with E-state index in [1.54, 1.807) is 37.8 Å². The predicted octanol–water partition coefficient (Wildman–Crippen LogP) is 1.59. The molecule has 1 saturated heterocycles. The van der Waals surface area contributed by atoms with Crippen LogP contribution in [0.1, 0.15) is 32.4 Å². The fraction of sp³-hybridized carbons (Fsp3) is 0.500. The van der Waals surface area contributed by atoms with Crippen molar-refractivity contribution >= 4 is 11.6 Å². The summed E-state index contributed by atoms with van der Waals surface area (Å²) in [4.78, 5) is 13.7. The largest absolute Gasteiger partial charge is 0.389 e. The van der Waals surface area contributed by atoms with E-state index in [0.29, 0.717) is 24.3 Å². The van der Waals surface area contributed by atoms with Crippen LogP contribution in [0.5, 0.6) is 0 Å². The third-order valence-electron chi connectivity index (χ3n) is 3.59. The molecule has 104 valence electrons. The number of hydrogen-bond acceptors (Lipinski definition) is 3. The zero-order valence-corrected chi connectivity index (χ0v) is 11.4. The lowest BCUT2D eigenvalue weighted by Gasteiger charge is -2.43. The molecule has 0 aromatic heterocycles. The Balaban J connectivity index is 2.54. The lowest BCUT2D eigenvalue weighted by atomic mass is 9.95. The van der Waals surface area contributed by atoms with Gasteiger partial charge in [-0.25, -0.2) is 4.39 Å². The van der Waals surface area contributed by atoms with Gasteiger partial charge in [0.1, 0.15) is 11.4 Å². The molecule has 5 heteroatoms. The number of nitrogens with zero attached hydrogens (tertiary/aromatic N) is 1. The average molecular weight is 266 g/mol. The van der Waals surface area contributed by atoms with Crippen LogP contribution in [0.2, 0.25) is 0 Å². The van der Waals surface area contributed by atoms with E-state index in [-0.39, 0.29) is 5.91 Å². The molecule has 0 aliphatic carbocycles. The van der Waals surface area contributed by atoms with Crippen LogP contribution in [0.4, 0.5) is 10.1 Å². The summed E-state index contributed by atoms with van der Waals surface area (Å²) in [7, 11) is 0. The van der Waals surface area contributed by atoms with Crippen LogP contribution in [-0.2, 0) is 4.79 Å². The molecule has 0 radical (unpaired) electrons. The number of nitrogens with one attached hydrogen (secondary N) is 1. The molecule has 2 N–H and O–H groups in total. The van der Waals surface area contributed by atoms with Crippen molar-refractivity contribution < 1.29 is 14.3 Å². The number of para-hydroxylation sites is 1. The van der Waals surface area contributed by atoms with Crippen LogP contribution in [0, 0.1) is 5.82 Å². The van der Waals surface area contributed by atoms with Gasteiger partial charge in [0, 0.05) is 18.7 Å². The van der Waals surface area contributed by atoms with Crippen molar-refractivity contribution in [2.75, 3.05) is 18.0 Å². The summed E-state index contributed by atoms with van der Waals surface area (Å²) in [5.41, 5.74) is -0.0236. The minimum atomic E-state index is -0.843. The summed E-state index contributed by atoms with van der Waals surface area (Å²) in [5.74, 6) is -0.556. The second kappa shape index (κ2) is 4.81. The lowest BCUT2D eigenvalue weighted by molar-refractivity contribution is -0.126. The molecule has 1 heterocycles. The highest BCUT2D eigenvalue weighted by atomic mass is 19.1. The van der Waals surface area contributed by atoms with Crippen LogP contribution >= 0.6 is 0 Å². The van der Waals surface area contributed by atoms with E-state index < -0.39 is 17.5 Å². The standard InChI is InChI=1S/C14H19FN2O2/c1-9(18)10-5-4-6-11(15)12(10)17-8-7-16-13(19)14(17,2)3/h4-6,9,18H,7-8H2,1-3H3,(H,16,19)/t9-/m0/s1. The highest BCUT2D eigenvalue weighted by molar-refractivity contribution is 5.90. The zero-order valence-electron chi connectivity index (χ0n) is 11.4. The molecule has 0 unspecified atom stereocenters. The van der Waals surface area contributed by atoms with Crippen molar-refractivity contribution in [1.82, 2.24) is 5.32 Å². The maximum absolute atomic E-state index is 14.2. The van der Waals surface area contributed by atoms with E-state index in [1.807, 2.05) is 0 Å². The van der Waals surface area contributed by atoms with Crippen molar-refractivity contribution in [3.05, 3.63) is 29.6 Å². The van der Waals surface area contributed by atoms with Gasteiger partial charge in [-0.1, -0.05) is 12.1 Å². The fourth-order valence-electron chi connectivity index (χ4n) is 2.44. The maximum Gasteiger partial charge on any atom is 0.245 e. The van der Waals surface area contributed by atoms with E-state index in [2.05, 4.69) is 5.32 Å². The summed E-state index contributed by atoms with van der Waals surface area (Å²) in [6.45, 7) is 6.07. The number of piperazine rings is 1. The maximum atomic E-state index is 14.2. The number of anilines is 1. The molecule has 0 saturated carbocycles. The normalized spacial score (nSPS) is 20.1. The zero-order chi connectivity index (χ0) is 14.2. The predicted molar refractivity (Wildman–Crippen MR) is 71.5 cm³/mol. The minimum absolute atomic E-state index is 0.140. The molecule has 19 heavy (non-hydrogen) atoms. The van der Waals surface area contributed by atoms with Gasteiger partial charge in [-0.3, -0.25) is 4.79 Å². The number of amides is 1. The molecule has 1 aromatic rings. The number of halogens is 1. The monoisotopic (exact) mass is 266 g/mol. The molecule has 2 rings (SSSR count). The molecular weight excluding hydrogens is 247 g/mol. The summed E-state index contributed by atoms with van der Waals surface area (Å²) in [5, 5.41) is 12.6. The number of carbonyl (C=O) groups is 1. The molecule has 1 aromatic carbocycles. The Labute approximate surface area is 112 Å². The van der Waals surface area contributed by atoms with Gasteiger partial charge in [0.2, 0.25) is 5.91 Å². The quantitative estimate of drug-likeness (QED) is 0.854. The van der Waals surface area contributed by atoms with Crippen molar-refractivity contribution in [2.45, 2.75) is 32.4 Å². The van der Waals surface area contributed by atoms with Gasteiger partial charge < -0.3 is 15.3 Å². The molecule has 4 nitrogen and oxygen atoms in total. The van der Waals surface area contributed by atoms with Gasteiger partial charge in [0.05, 0.1) is 11.8 Å². The molecular formula is C14H19FN2O2. The first-order chi connectivity index (χ1) is 8.85. The van der Waals surface area contributed by atoms with E-state index in [9.17, 15) is 14.3 Å². The van der Waals surface area contributed by atoms with Gasteiger partial charge >= 0.3 is 0 Å². The first-order valence-corrected chi connectivity index (χ1v) is 6.38. The van der Waals surface area contributed by atoms with E-state index in [1.165, 1.54) is 6.07 Å². The van der Waals surface area contributed by atoms with Crippen molar-refractivity contribution in [3.8, 4) is 0 Å². The SMILES string of the molecule is C[C@H](O)c1cccc(F)c1N1CCNC(=O)C1(C)C. The minimum Gasteiger partial charge on any atom is -0.389 e. The summed E-state index contributed by atoms with van der Waals surface area (Å²) in [6, 6.07) is 4.60. The number of carbonyl (C=O) groups excluding carboxylic acids is 1. The highest BCUT2D eigenvalue weighted by Crippen LogP contribution is 2.34. The Bertz CT molecular complexity index is 500. The smallest absolute Gasteiger partial charge is 0.245 e. The number of rotatable bonds is 2. The molecule has 1 amide bonds. The molecule has 0 spiro atoms. The van der Waals surface area contributed by atoms with Crippen LogP contribution in [0.15, 0.2) is 18.2 Å². The molecule has 1 atom stereocenters. The highest BCUT2D eigenvalue weighted by Gasteiger charge is 2.39. The second-order valence-electron chi connectivity index (χ2n) is 5.32. The van der Waals surface area contributed by atoms with Crippen molar-refractivity contribution in [3.63, 3.8) is 0 Å². The third-order valence-corrected chi connectivity index (χ3v) is 3.59. The number of aliphatic hydroxyl groups is 1. The van der Waals surface area contributed by atoms with E-state index in [4.69, 9.17) is 0 Å². The van der Waals surface area contributed by atoms with Crippen LogP contribution in [0.25, 0.3) is 0 Å². The van der Waals surface area contributed by atoms with E-state index >= 15 is 0 Å². The fourth-order valence-corrected chi connectivity index (χ4v) is 2.44. The Morgan fingerprint density at radius 3 is 2.79 bits per heavy atom. The first kappa shape index (κ1) is 13.8. The summed E-state index contributed by atoms with van der Waals surface area (Å²) >= 11 is 0. The van der Waals surface area contributed by atoms with Crippen LogP contribution in [0.3, 0.4) is 0 Å². The molecule has 1 fully saturated rings. The Kier molecular flexibility index (Phi) is 3.49. The van der Waals surface area contributed by atoms with Gasteiger partial charge in [0.25, 0.3) is 0 Å².